The standard InChI is InChI=1S/C22H27F3N4O/c1-13(2)29-19(12-18(27-29)14-3-4-26-20(9-14)22(23,24)25)21-16-10-15(11-17(16)21)28-5-7-30-8-6-28/h3-4,9,12-13,15-17,21H,5-8,10-11H2,1-2H3/t15?,16-,17+,21?. The van der Waals surface area contributed by atoms with Gasteiger partial charge in [-0.1, -0.05) is 0 Å². The molecule has 3 fully saturated rings. The van der Waals surface area contributed by atoms with Crippen LogP contribution in [0.25, 0.3) is 11.3 Å². The van der Waals surface area contributed by atoms with E-state index < -0.39 is 11.9 Å². The van der Waals surface area contributed by atoms with E-state index in [4.69, 9.17) is 9.84 Å². The molecular formula is C22H27F3N4O. The van der Waals surface area contributed by atoms with Gasteiger partial charge in [-0.3, -0.25) is 14.6 Å². The third-order valence-corrected chi connectivity index (χ3v) is 6.92. The molecule has 0 N–H and O–H groups in total. The van der Waals surface area contributed by atoms with Crippen molar-refractivity contribution >= 4 is 0 Å². The number of hydrogen-bond donors (Lipinski definition) is 0. The number of hydrogen-bond acceptors (Lipinski definition) is 4. The summed E-state index contributed by atoms with van der Waals surface area (Å²) in [4.78, 5) is 6.04. The van der Waals surface area contributed by atoms with Crippen LogP contribution in [0.4, 0.5) is 13.2 Å². The van der Waals surface area contributed by atoms with Gasteiger partial charge in [0.2, 0.25) is 0 Å². The highest BCUT2D eigenvalue weighted by molar-refractivity contribution is 5.60. The molecule has 2 saturated carbocycles. The van der Waals surface area contributed by atoms with Crippen LogP contribution in [0.15, 0.2) is 24.4 Å². The molecule has 2 aromatic rings. The lowest BCUT2D eigenvalue weighted by molar-refractivity contribution is -0.141. The lowest BCUT2D eigenvalue weighted by atomic mass is 10.0. The SMILES string of the molecule is CC(C)n1nc(-c2ccnc(C(F)(F)F)c2)cc1C1[C@H]2CC(N3CCOCC3)C[C@@H]12. The Bertz CT molecular complexity index is 907. The van der Waals surface area contributed by atoms with E-state index in [1.807, 2.05) is 10.7 Å². The third-order valence-electron chi connectivity index (χ3n) is 6.92. The molecule has 0 amide bonds. The molecule has 4 atom stereocenters. The highest BCUT2D eigenvalue weighted by Crippen LogP contribution is 2.64. The molecular weight excluding hydrogens is 393 g/mol. The van der Waals surface area contributed by atoms with Crippen LogP contribution in [0.1, 0.15) is 50.0 Å². The van der Waals surface area contributed by atoms with Gasteiger partial charge in [-0.05, 0) is 56.7 Å². The second-order valence-electron chi connectivity index (χ2n) is 9.05. The van der Waals surface area contributed by atoms with Crippen LogP contribution in [-0.4, -0.2) is 52.0 Å². The molecule has 1 aliphatic heterocycles. The summed E-state index contributed by atoms with van der Waals surface area (Å²) in [6.07, 6.45) is -0.852. The summed E-state index contributed by atoms with van der Waals surface area (Å²) in [5.74, 6) is 1.78. The van der Waals surface area contributed by atoms with Crippen molar-refractivity contribution in [1.29, 1.82) is 0 Å². The maximum absolute atomic E-state index is 13.1. The monoisotopic (exact) mass is 420 g/mol. The van der Waals surface area contributed by atoms with Gasteiger partial charge in [0.15, 0.2) is 0 Å². The van der Waals surface area contributed by atoms with Gasteiger partial charge in [-0.15, -0.1) is 0 Å². The van der Waals surface area contributed by atoms with Gasteiger partial charge in [-0.25, -0.2) is 0 Å². The average molecular weight is 420 g/mol. The fraction of sp³-hybridized carbons (Fsp3) is 0.636. The quantitative estimate of drug-likeness (QED) is 0.737. The highest BCUT2D eigenvalue weighted by atomic mass is 19.4. The Balaban J connectivity index is 1.37. The van der Waals surface area contributed by atoms with Gasteiger partial charge in [0, 0.05) is 48.5 Å². The van der Waals surface area contributed by atoms with Crippen LogP contribution in [0.2, 0.25) is 0 Å². The molecule has 0 aromatic carbocycles. The summed E-state index contributed by atoms with van der Waals surface area (Å²) >= 11 is 0. The van der Waals surface area contributed by atoms with Crippen molar-refractivity contribution < 1.29 is 17.9 Å². The molecule has 5 nitrogen and oxygen atoms in total. The molecule has 30 heavy (non-hydrogen) atoms. The molecule has 8 heteroatoms. The maximum atomic E-state index is 13.1. The Hall–Kier alpha value is -1.93. The average Bonchev–Trinajstić information content (AvgIpc) is 3.10. The molecule has 0 radical (unpaired) electrons. The Labute approximate surface area is 174 Å². The van der Waals surface area contributed by atoms with Gasteiger partial charge >= 0.3 is 6.18 Å². The van der Waals surface area contributed by atoms with Crippen molar-refractivity contribution in [3.8, 4) is 11.3 Å². The van der Waals surface area contributed by atoms with Crippen molar-refractivity contribution in [2.24, 2.45) is 11.8 Å². The first-order valence-electron chi connectivity index (χ1n) is 10.8. The first-order valence-corrected chi connectivity index (χ1v) is 10.8. The number of fused-ring (bicyclic) bond motifs is 1. The van der Waals surface area contributed by atoms with Crippen LogP contribution in [0.5, 0.6) is 0 Å². The molecule has 162 valence electrons. The minimum Gasteiger partial charge on any atom is -0.379 e. The number of aromatic nitrogens is 3. The Kier molecular flexibility index (Phi) is 4.89. The predicted molar refractivity (Wildman–Crippen MR) is 106 cm³/mol. The Morgan fingerprint density at radius 1 is 1.10 bits per heavy atom. The Morgan fingerprint density at radius 2 is 1.80 bits per heavy atom. The molecule has 2 unspecified atom stereocenters. The molecule has 3 heterocycles. The van der Waals surface area contributed by atoms with Gasteiger partial charge in [0.25, 0.3) is 0 Å². The lowest BCUT2D eigenvalue weighted by Gasteiger charge is -2.33. The summed E-state index contributed by atoms with van der Waals surface area (Å²) in [6, 6.07) is 5.51. The molecule has 3 aliphatic rings. The van der Waals surface area contributed by atoms with Crippen molar-refractivity contribution in [2.45, 2.75) is 50.9 Å². The summed E-state index contributed by atoms with van der Waals surface area (Å²) in [6.45, 7) is 7.83. The largest absolute Gasteiger partial charge is 0.433 e. The van der Waals surface area contributed by atoms with Crippen LogP contribution < -0.4 is 0 Å². The summed E-state index contributed by atoms with van der Waals surface area (Å²) < 4.78 is 46.7. The van der Waals surface area contributed by atoms with Crippen molar-refractivity contribution in [2.75, 3.05) is 26.3 Å². The number of pyridine rings is 1. The fourth-order valence-corrected chi connectivity index (χ4v) is 5.45. The van der Waals surface area contributed by atoms with E-state index in [1.165, 1.54) is 24.7 Å². The number of rotatable bonds is 4. The number of ether oxygens (including phenoxy) is 1. The Morgan fingerprint density at radius 3 is 2.43 bits per heavy atom. The first-order chi connectivity index (χ1) is 14.3. The summed E-state index contributed by atoms with van der Waals surface area (Å²) in [7, 11) is 0. The second kappa shape index (κ2) is 7.34. The minimum atomic E-state index is -4.46. The zero-order chi connectivity index (χ0) is 21.0. The summed E-state index contributed by atoms with van der Waals surface area (Å²) in [5, 5.41) is 4.70. The first kappa shape index (κ1) is 20.0. The predicted octanol–water partition coefficient (Wildman–Crippen LogP) is 4.37. The normalized spacial score (nSPS) is 29.4. The smallest absolute Gasteiger partial charge is 0.379 e. The van der Waals surface area contributed by atoms with E-state index in [0.29, 0.717) is 35.1 Å². The topological polar surface area (TPSA) is 43.2 Å². The van der Waals surface area contributed by atoms with E-state index in [9.17, 15) is 13.2 Å². The van der Waals surface area contributed by atoms with Crippen molar-refractivity contribution in [3.63, 3.8) is 0 Å². The van der Waals surface area contributed by atoms with E-state index >= 15 is 0 Å². The maximum Gasteiger partial charge on any atom is 0.433 e. The van der Waals surface area contributed by atoms with Crippen LogP contribution >= 0.6 is 0 Å². The van der Waals surface area contributed by atoms with Crippen LogP contribution in [-0.2, 0) is 10.9 Å². The number of nitrogens with zero attached hydrogens (tertiary/aromatic N) is 4. The van der Waals surface area contributed by atoms with E-state index in [0.717, 1.165) is 32.4 Å². The lowest BCUT2D eigenvalue weighted by Crippen LogP contribution is -2.43. The van der Waals surface area contributed by atoms with Gasteiger partial charge in [0.05, 0.1) is 18.9 Å². The number of halogens is 3. The van der Waals surface area contributed by atoms with Crippen LogP contribution in [0.3, 0.4) is 0 Å². The van der Waals surface area contributed by atoms with Crippen molar-refractivity contribution in [3.05, 3.63) is 35.8 Å². The molecule has 0 spiro atoms. The molecule has 1 saturated heterocycles. The van der Waals surface area contributed by atoms with Crippen LogP contribution in [0, 0.1) is 11.8 Å². The number of alkyl halides is 3. The zero-order valence-corrected chi connectivity index (χ0v) is 17.3. The third kappa shape index (κ3) is 3.54. The highest BCUT2D eigenvalue weighted by Gasteiger charge is 2.58. The second-order valence-corrected chi connectivity index (χ2v) is 9.05. The van der Waals surface area contributed by atoms with Gasteiger partial charge in [0.1, 0.15) is 5.69 Å². The van der Waals surface area contributed by atoms with Crippen molar-refractivity contribution in [1.82, 2.24) is 19.7 Å². The minimum absolute atomic E-state index is 0.161. The number of morpholine rings is 1. The molecule has 0 bridgehead atoms. The molecule has 5 rings (SSSR count). The van der Waals surface area contributed by atoms with Gasteiger partial charge in [-0.2, -0.15) is 18.3 Å². The zero-order valence-electron chi connectivity index (χ0n) is 17.3. The molecule has 2 aromatic heterocycles. The fourth-order valence-electron chi connectivity index (χ4n) is 5.45. The van der Waals surface area contributed by atoms with E-state index in [-0.39, 0.29) is 6.04 Å². The van der Waals surface area contributed by atoms with E-state index in [1.54, 1.807) is 6.07 Å². The van der Waals surface area contributed by atoms with Gasteiger partial charge < -0.3 is 4.74 Å². The summed E-state index contributed by atoms with van der Waals surface area (Å²) in [5.41, 5.74) is 1.36. The molecule has 2 aliphatic carbocycles. The van der Waals surface area contributed by atoms with E-state index in [2.05, 4.69) is 23.7 Å².